The lowest BCUT2D eigenvalue weighted by molar-refractivity contribution is -0.0944. The number of ether oxygens (including phenoxy) is 4. The average Bonchev–Trinajstić information content (AvgIpc) is 3.39. The van der Waals surface area contributed by atoms with Crippen molar-refractivity contribution in [1.29, 1.82) is 0 Å². The first-order chi connectivity index (χ1) is 20.3. The van der Waals surface area contributed by atoms with Gasteiger partial charge in [0.05, 0.1) is 26.4 Å². The lowest BCUT2D eigenvalue weighted by Crippen LogP contribution is -2.38. The molecule has 4 aromatic rings. The van der Waals surface area contributed by atoms with E-state index >= 15 is 0 Å². The Bertz CT molecular complexity index is 1580. The molecule has 1 aliphatic heterocycles. The van der Waals surface area contributed by atoms with Gasteiger partial charge in [-0.2, -0.15) is 0 Å². The molecule has 0 saturated carbocycles. The molecular formula is C33H36N2O7. The highest BCUT2D eigenvalue weighted by molar-refractivity contribution is 5.49. The van der Waals surface area contributed by atoms with E-state index in [0.717, 1.165) is 28.9 Å². The number of aliphatic hydroxyl groups excluding tert-OH is 1. The second-order valence-electron chi connectivity index (χ2n) is 10.4. The Balaban J connectivity index is 1.53. The van der Waals surface area contributed by atoms with Crippen LogP contribution in [0.1, 0.15) is 48.2 Å². The van der Waals surface area contributed by atoms with Crippen molar-refractivity contribution in [1.82, 2.24) is 9.55 Å². The summed E-state index contributed by atoms with van der Waals surface area (Å²) in [5, 5.41) is 11.0. The summed E-state index contributed by atoms with van der Waals surface area (Å²) in [7, 11) is 1.62. The first kappa shape index (κ1) is 29.3. The molecule has 1 fully saturated rings. The van der Waals surface area contributed by atoms with E-state index in [0.29, 0.717) is 17.9 Å². The third kappa shape index (κ3) is 5.90. The van der Waals surface area contributed by atoms with Gasteiger partial charge in [-0.3, -0.25) is 14.3 Å². The smallest absolute Gasteiger partial charge is 0.330 e. The molecule has 2 N–H and O–H groups in total. The van der Waals surface area contributed by atoms with E-state index in [-0.39, 0.29) is 13.0 Å². The number of rotatable bonds is 11. The zero-order valence-corrected chi connectivity index (χ0v) is 24.0. The van der Waals surface area contributed by atoms with Gasteiger partial charge in [0.15, 0.2) is 0 Å². The van der Waals surface area contributed by atoms with Gasteiger partial charge in [-0.05, 0) is 54.3 Å². The summed E-state index contributed by atoms with van der Waals surface area (Å²) in [5.41, 5.74) is 0.853. The molecule has 42 heavy (non-hydrogen) atoms. The standard InChI is InChI=1S/C33H36N2O7/c1-4-18-40-27-16-12-25(13-17-27)33(23-8-6-5-7-9-23,24-10-14-26(39-3)15-11-24)41-21-29-28(36)19-30(42-29)35-20-22(2)31(37)34-32(35)38/h5-17,20,28-30,36H,4,18-19,21H2,1-3H3,(H,34,37,38)/t28-,29+,30+,33?/m0/s1. The van der Waals surface area contributed by atoms with Gasteiger partial charge in [0.2, 0.25) is 0 Å². The molecule has 0 spiro atoms. The maximum absolute atomic E-state index is 12.5. The summed E-state index contributed by atoms with van der Waals surface area (Å²) in [5.74, 6) is 1.47. The van der Waals surface area contributed by atoms with Crippen LogP contribution in [0.25, 0.3) is 0 Å². The number of methoxy groups -OCH3 is 1. The van der Waals surface area contributed by atoms with Crippen LogP contribution in [0.2, 0.25) is 0 Å². The predicted molar refractivity (Wildman–Crippen MR) is 158 cm³/mol. The van der Waals surface area contributed by atoms with Crippen LogP contribution in [0.15, 0.2) is 94.6 Å². The molecule has 220 valence electrons. The normalized spacial score (nSPS) is 19.8. The van der Waals surface area contributed by atoms with Crippen LogP contribution in [0, 0.1) is 6.92 Å². The number of nitrogens with zero attached hydrogens (tertiary/aromatic N) is 1. The second-order valence-corrected chi connectivity index (χ2v) is 10.4. The Hall–Kier alpha value is -4.18. The van der Waals surface area contributed by atoms with E-state index in [1.165, 1.54) is 10.8 Å². The highest BCUT2D eigenvalue weighted by atomic mass is 16.6. The summed E-state index contributed by atoms with van der Waals surface area (Å²) in [4.78, 5) is 26.7. The fraction of sp³-hybridized carbons (Fsp3) is 0.333. The highest BCUT2D eigenvalue weighted by Crippen LogP contribution is 2.42. The van der Waals surface area contributed by atoms with Crippen LogP contribution in [0.4, 0.5) is 0 Å². The largest absolute Gasteiger partial charge is 0.497 e. The molecule has 2 heterocycles. The van der Waals surface area contributed by atoms with E-state index in [9.17, 15) is 14.7 Å². The van der Waals surface area contributed by atoms with Crippen molar-refractivity contribution in [3.8, 4) is 11.5 Å². The summed E-state index contributed by atoms with van der Waals surface area (Å²) < 4.78 is 25.6. The van der Waals surface area contributed by atoms with E-state index < -0.39 is 35.3 Å². The Morgan fingerprint density at radius 2 is 1.57 bits per heavy atom. The number of hydrogen-bond acceptors (Lipinski definition) is 7. The molecule has 9 heteroatoms. The van der Waals surface area contributed by atoms with Crippen molar-refractivity contribution in [2.75, 3.05) is 20.3 Å². The van der Waals surface area contributed by atoms with Crippen molar-refractivity contribution in [3.05, 3.63) is 128 Å². The Kier molecular flexibility index (Phi) is 8.91. The van der Waals surface area contributed by atoms with Gasteiger partial charge in [-0.25, -0.2) is 4.79 Å². The molecule has 1 saturated heterocycles. The minimum atomic E-state index is -1.08. The van der Waals surface area contributed by atoms with Gasteiger partial charge in [0, 0.05) is 18.2 Å². The van der Waals surface area contributed by atoms with E-state index in [1.807, 2.05) is 78.9 Å². The zero-order chi connectivity index (χ0) is 29.7. The number of benzene rings is 3. The topological polar surface area (TPSA) is 112 Å². The number of H-pyrrole nitrogens is 1. The minimum absolute atomic E-state index is 0.0176. The third-order valence-electron chi connectivity index (χ3n) is 7.53. The monoisotopic (exact) mass is 572 g/mol. The molecule has 5 rings (SSSR count). The molecule has 0 aliphatic carbocycles. The van der Waals surface area contributed by atoms with Crippen LogP contribution in [-0.4, -0.2) is 47.2 Å². The van der Waals surface area contributed by atoms with Crippen molar-refractivity contribution in [2.24, 2.45) is 0 Å². The first-order valence-corrected chi connectivity index (χ1v) is 14.1. The van der Waals surface area contributed by atoms with Crippen molar-refractivity contribution in [2.45, 2.75) is 50.7 Å². The summed E-state index contributed by atoms with van der Waals surface area (Å²) in [6, 6.07) is 25.4. The van der Waals surface area contributed by atoms with Gasteiger partial charge >= 0.3 is 5.69 Å². The first-order valence-electron chi connectivity index (χ1n) is 14.1. The number of aromatic amines is 1. The van der Waals surface area contributed by atoms with Gasteiger partial charge in [-0.15, -0.1) is 0 Å². The number of nitrogens with one attached hydrogen (secondary N) is 1. The number of hydrogen-bond donors (Lipinski definition) is 2. The van der Waals surface area contributed by atoms with Crippen LogP contribution < -0.4 is 20.7 Å². The van der Waals surface area contributed by atoms with Gasteiger partial charge < -0.3 is 24.1 Å². The fourth-order valence-corrected chi connectivity index (χ4v) is 5.30. The van der Waals surface area contributed by atoms with Crippen molar-refractivity contribution < 1.29 is 24.1 Å². The fourth-order valence-electron chi connectivity index (χ4n) is 5.30. The maximum Gasteiger partial charge on any atom is 0.330 e. The molecule has 4 atom stereocenters. The van der Waals surface area contributed by atoms with Gasteiger partial charge in [0.25, 0.3) is 5.56 Å². The molecule has 1 aromatic heterocycles. The second kappa shape index (κ2) is 12.8. The minimum Gasteiger partial charge on any atom is -0.497 e. The Labute approximate surface area is 244 Å². The molecule has 3 aromatic carbocycles. The lowest BCUT2D eigenvalue weighted by atomic mass is 9.80. The van der Waals surface area contributed by atoms with Crippen LogP contribution in [0.5, 0.6) is 11.5 Å². The molecule has 9 nitrogen and oxygen atoms in total. The molecule has 1 unspecified atom stereocenters. The maximum atomic E-state index is 12.5. The van der Waals surface area contributed by atoms with Crippen LogP contribution >= 0.6 is 0 Å². The highest BCUT2D eigenvalue weighted by Gasteiger charge is 2.42. The van der Waals surface area contributed by atoms with Gasteiger partial charge in [0.1, 0.15) is 29.4 Å². The molecule has 0 bridgehead atoms. The molecular weight excluding hydrogens is 536 g/mol. The van der Waals surface area contributed by atoms with Gasteiger partial charge in [-0.1, -0.05) is 61.5 Å². The molecule has 1 aliphatic rings. The van der Waals surface area contributed by atoms with Crippen LogP contribution in [-0.2, 0) is 15.1 Å². The number of aliphatic hydroxyl groups is 1. The molecule has 0 amide bonds. The van der Waals surface area contributed by atoms with Crippen molar-refractivity contribution in [3.63, 3.8) is 0 Å². The average molecular weight is 573 g/mol. The zero-order valence-electron chi connectivity index (χ0n) is 24.0. The summed E-state index contributed by atoms with van der Waals surface area (Å²) in [6.45, 7) is 4.31. The SMILES string of the molecule is CCCOc1ccc(C(OC[C@H]2O[C@@H](n3cc(C)c(=O)[nH]c3=O)C[C@@H]2O)(c2ccccc2)c2ccc(OC)cc2)cc1. The Morgan fingerprint density at radius 3 is 2.19 bits per heavy atom. The predicted octanol–water partition coefficient (Wildman–Crippen LogP) is 4.30. The Morgan fingerprint density at radius 1 is 0.952 bits per heavy atom. The number of aryl methyl sites for hydroxylation is 1. The lowest BCUT2D eigenvalue weighted by Gasteiger charge is -2.37. The van der Waals surface area contributed by atoms with E-state index in [4.69, 9.17) is 18.9 Å². The van der Waals surface area contributed by atoms with Crippen LogP contribution in [0.3, 0.4) is 0 Å². The summed E-state index contributed by atoms with van der Waals surface area (Å²) >= 11 is 0. The molecule has 0 radical (unpaired) electrons. The van der Waals surface area contributed by atoms with E-state index in [2.05, 4.69) is 11.9 Å². The van der Waals surface area contributed by atoms with Crippen molar-refractivity contribution >= 4 is 0 Å². The quantitative estimate of drug-likeness (QED) is 0.258. The number of aromatic nitrogens is 2. The van der Waals surface area contributed by atoms with E-state index in [1.54, 1.807) is 14.0 Å². The summed E-state index contributed by atoms with van der Waals surface area (Å²) in [6.07, 6.45) is 0.143. The third-order valence-corrected chi connectivity index (χ3v) is 7.53.